The minimum absolute atomic E-state index is 0.236. The molecule has 0 bridgehead atoms. The van der Waals surface area contributed by atoms with Crippen LogP contribution in [-0.2, 0) is 0 Å². The van der Waals surface area contributed by atoms with Crippen molar-refractivity contribution < 1.29 is 9.18 Å². The van der Waals surface area contributed by atoms with Gasteiger partial charge in [-0.2, -0.15) is 5.10 Å². The summed E-state index contributed by atoms with van der Waals surface area (Å²) in [5.41, 5.74) is 9.04. The van der Waals surface area contributed by atoms with Crippen LogP contribution < -0.4 is 16.4 Å². The molecule has 0 unspecified atom stereocenters. The number of benzene rings is 3. The largest absolute Gasteiger partial charge is 0.382 e. The molecular formula is C20H15BrFN5O. The molecule has 0 radical (unpaired) electrons. The molecule has 6 nitrogen and oxygen atoms in total. The van der Waals surface area contributed by atoms with Crippen molar-refractivity contribution in [1.82, 2.24) is 10.2 Å². The van der Waals surface area contributed by atoms with E-state index >= 15 is 0 Å². The van der Waals surface area contributed by atoms with E-state index in [0.29, 0.717) is 16.8 Å². The molecule has 0 spiro atoms. The van der Waals surface area contributed by atoms with Crippen molar-refractivity contribution in [1.29, 1.82) is 0 Å². The van der Waals surface area contributed by atoms with E-state index in [9.17, 15) is 9.18 Å². The fourth-order valence-corrected chi connectivity index (χ4v) is 3.36. The number of nitrogens with zero attached hydrogens (tertiary/aromatic N) is 1. The molecule has 1 aromatic heterocycles. The smallest absolute Gasteiger partial charge is 0.323 e. The minimum atomic E-state index is -0.412. The van der Waals surface area contributed by atoms with Crippen molar-refractivity contribution in [2.75, 3.05) is 16.4 Å². The molecule has 0 aliphatic carbocycles. The van der Waals surface area contributed by atoms with E-state index in [1.54, 1.807) is 30.3 Å². The molecule has 140 valence electrons. The zero-order chi connectivity index (χ0) is 19.7. The second-order valence-corrected chi connectivity index (χ2v) is 7.04. The van der Waals surface area contributed by atoms with Gasteiger partial charge in [-0.25, -0.2) is 9.18 Å². The zero-order valence-corrected chi connectivity index (χ0v) is 16.0. The zero-order valence-electron chi connectivity index (χ0n) is 14.5. The van der Waals surface area contributed by atoms with Gasteiger partial charge in [0.05, 0.1) is 5.39 Å². The lowest BCUT2D eigenvalue weighted by atomic mass is 10.0. The van der Waals surface area contributed by atoms with E-state index in [1.807, 2.05) is 24.3 Å². The highest BCUT2D eigenvalue weighted by Crippen LogP contribution is 2.33. The first-order valence-electron chi connectivity index (χ1n) is 8.37. The van der Waals surface area contributed by atoms with E-state index in [0.717, 1.165) is 15.6 Å². The predicted molar refractivity (Wildman–Crippen MR) is 113 cm³/mol. The van der Waals surface area contributed by atoms with Crippen LogP contribution in [-0.4, -0.2) is 16.2 Å². The molecule has 4 aromatic rings. The lowest BCUT2D eigenvalue weighted by molar-refractivity contribution is 0.262. The van der Waals surface area contributed by atoms with Crippen molar-refractivity contribution >= 4 is 50.1 Å². The molecule has 8 heteroatoms. The summed E-state index contributed by atoms with van der Waals surface area (Å²) in [5.74, 6) is -0.175. The number of fused-ring (bicyclic) bond motifs is 1. The molecule has 0 fully saturated rings. The molecule has 0 atom stereocenters. The number of hydrogen-bond donors (Lipinski definition) is 4. The quantitative estimate of drug-likeness (QED) is 0.346. The number of carbonyl (C=O) groups is 1. The molecule has 5 N–H and O–H groups in total. The van der Waals surface area contributed by atoms with Crippen molar-refractivity contribution in [3.63, 3.8) is 0 Å². The van der Waals surface area contributed by atoms with Gasteiger partial charge in [0.2, 0.25) is 0 Å². The number of aromatic amines is 1. The lowest BCUT2D eigenvalue weighted by Crippen LogP contribution is -2.19. The van der Waals surface area contributed by atoms with E-state index in [4.69, 9.17) is 5.73 Å². The highest BCUT2D eigenvalue weighted by atomic mass is 79.9. The van der Waals surface area contributed by atoms with E-state index in [2.05, 4.69) is 36.8 Å². The molecule has 2 amide bonds. The number of urea groups is 1. The average Bonchev–Trinajstić information content (AvgIpc) is 3.06. The van der Waals surface area contributed by atoms with Crippen molar-refractivity contribution in [2.45, 2.75) is 0 Å². The summed E-state index contributed by atoms with van der Waals surface area (Å²) in [5, 5.41) is 12.6. The Morgan fingerprint density at radius 1 is 1.04 bits per heavy atom. The predicted octanol–water partition coefficient (Wildman–Crippen LogP) is 5.36. The van der Waals surface area contributed by atoms with Crippen molar-refractivity contribution in [2.24, 2.45) is 0 Å². The molecule has 4 rings (SSSR count). The summed E-state index contributed by atoms with van der Waals surface area (Å²) < 4.78 is 14.8. The van der Waals surface area contributed by atoms with Crippen LogP contribution in [0.25, 0.3) is 22.0 Å². The maximum absolute atomic E-state index is 13.9. The maximum Gasteiger partial charge on any atom is 0.323 e. The topological polar surface area (TPSA) is 95.8 Å². The van der Waals surface area contributed by atoms with Gasteiger partial charge in [0.25, 0.3) is 0 Å². The number of hydrogen-bond acceptors (Lipinski definition) is 3. The number of nitrogens with two attached hydrogens (primary N) is 1. The van der Waals surface area contributed by atoms with Crippen LogP contribution in [0.4, 0.5) is 26.4 Å². The first-order chi connectivity index (χ1) is 13.5. The molecule has 28 heavy (non-hydrogen) atoms. The van der Waals surface area contributed by atoms with Gasteiger partial charge in [0, 0.05) is 15.8 Å². The standard InChI is InChI=1S/C20H15BrFN5O/c21-12-2-1-3-14(10-12)25-20(28)24-13-6-4-11(5-7-13)15-8-9-16(22)18-17(15)19(23)27-26-18/h1-10H,(H3,23,26,27)(H2,24,25,28). The molecule has 0 aliphatic heterocycles. The fraction of sp³-hybridized carbons (Fsp3) is 0. The van der Waals surface area contributed by atoms with Crippen LogP contribution in [0.5, 0.6) is 0 Å². The number of H-pyrrole nitrogens is 1. The first kappa shape index (κ1) is 18.0. The summed E-state index contributed by atoms with van der Waals surface area (Å²) in [7, 11) is 0. The number of nitrogen functional groups attached to an aromatic ring is 1. The summed E-state index contributed by atoms with van der Waals surface area (Å²) in [6, 6.07) is 17.2. The molecular weight excluding hydrogens is 425 g/mol. The Kier molecular flexibility index (Phi) is 4.70. The Labute approximate surface area is 168 Å². The van der Waals surface area contributed by atoms with Crippen LogP contribution in [0.2, 0.25) is 0 Å². The third kappa shape index (κ3) is 3.54. The fourth-order valence-electron chi connectivity index (χ4n) is 2.96. The van der Waals surface area contributed by atoms with Crippen LogP contribution in [0.1, 0.15) is 0 Å². The van der Waals surface area contributed by atoms with Crippen LogP contribution in [0.3, 0.4) is 0 Å². The Morgan fingerprint density at radius 3 is 2.54 bits per heavy atom. The number of halogens is 2. The molecule has 0 saturated heterocycles. The molecule has 0 saturated carbocycles. The SMILES string of the molecule is Nc1n[nH]c2c(F)ccc(-c3ccc(NC(=O)Nc4cccc(Br)c4)cc3)c12. The summed E-state index contributed by atoms with van der Waals surface area (Å²) >= 11 is 3.36. The molecule has 1 heterocycles. The number of nitrogens with one attached hydrogen (secondary N) is 3. The highest BCUT2D eigenvalue weighted by molar-refractivity contribution is 9.10. The monoisotopic (exact) mass is 439 g/mol. The average molecular weight is 440 g/mol. The van der Waals surface area contributed by atoms with Crippen LogP contribution in [0, 0.1) is 5.82 Å². The molecule has 0 aliphatic rings. The van der Waals surface area contributed by atoms with Crippen LogP contribution >= 0.6 is 15.9 Å². The number of anilines is 3. The van der Waals surface area contributed by atoms with Gasteiger partial charge >= 0.3 is 6.03 Å². The Balaban J connectivity index is 1.54. The Hall–Kier alpha value is -3.39. The summed E-state index contributed by atoms with van der Waals surface area (Å²) in [4.78, 5) is 12.2. The van der Waals surface area contributed by atoms with Gasteiger partial charge in [-0.3, -0.25) is 5.10 Å². The third-order valence-electron chi connectivity index (χ3n) is 4.24. The van der Waals surface area contributed by atoms with E-state index in [-0.39, 0.29) is 17.4 Å². The number of aromatic nitrogens is 2. The lowest BCUT2D eigenvalue weighted by Gasteiger charge is -2.09. The van der Waals surface area contributed by atoms with Gasteiger partial charge in [-0.05, 0) is 47.5 Å². The first-order valence-corrected chi connectivity index (χ1v) is 9.16. The van der Waals surface area contributed by atoms with Gasteiger partial charge < -0.3 is 16.4 Å². The second kappa shape index (κ2) is 7.32. The summed E-state index contributed by atoms with van der Waals surface area (Å²) in [6.07, 6.45) is 0. The van der Waals surface area contributed by atoms with E-state index < -0.39 is 5.82 Å². The van der Waals surface area contributed by atoms with Gasteiger partial charge in [-0.15, -0.1) is 0 Å². The number of amides is 2. The van der Waals surface area contributed by atoms with Crippen molar-refractivity contribution in [3.05, 3.63) is 71.0 Å². The van der Waals surface area contributed by atoms with Gasteiger partial charge in [0.1, 0.15) is 11.3 Å². The minimum Gasteiger partial charge on any atom is -0.382 e. The number of rotatable bonds is 3. The number of carbonyl (C=O) groups excluding carboxylic acids is 1. The van der Waals surface area contributed by atoms with E-state index in [1.165, 1.54) is 6.07 Å². The third-order valence-corrected chi connectivity index (χ3v) is 4.73. The molecule has 3 aromatic carbocycles. The second-order valence-electron chi connectivity index (χ2n) is 6.12. The van der Waals surface area contributed by atoms with Gasteiger partial charge in [0.15, 0.2) is 5.82 Å². The highest BCUT2D eigenvalue weighted by Gasteiger charge is 2.13. The van der Waals surface area contributed by atoms with Crippen LogP contribution in [0.15, 0.2) is 65.1 Å². The Morgan fingerprint density at radius 2 is 1.79 bits per heavy atom. The Bertz CT molecular complexity index is 1170. The summed E-state index contributed by atoms with van der Waals surface area (Å²) in [6.45, 7) is 0. The normalized spacial score (nSPS) is 10.8. The van der Waals surface area contributed by atoms with Crippen molar-refractivity contribution in [3.8, 4) is 11.1 Å². The maximum atomic E-state index is 13.9. The van der Waals surface area contributed by atoms with Gasteiger partial charge in [-0.1, -0.05) is 40.2 Å².